The van der Waals surface area contributed by atoms with Crippen molar-refractivity contribution in [2.75, 3.05) is 50.1 Å². The molecule has 0 bridgehead atoms. The monoisotopic (exact) mass is 652 g/mol. The molecule has 1 amide bonds. The number of hydrogen-bond donors (Lipinski definition) is 2. The fourth-order valence-corrected chi connectivity index (χ4v) is 6.26. The number of amides is 1. The fourth-order valence-electron chi connectivity index (χ4n) is 6.02. The third-order valence-corrected chi connectivity index (χ3v) is 8.98. The zero-order chi connectivity index (χ0) is 32.6. The van der Waals surface area contributed by atoms with Crippen molar-refractivity contribution < 1.29 is 19.0 Å². The summed E-state index contributed by atoms with van der Waals surface area (Å²) in [6.45, 7) is 7.02. The van der Waals surface area contributed by atoms with Crippen LogP contribution in [0, 0.1) is 16.7 Å². The van der Waals surface area contributed by atoms with Crippen LogP contribution in [0.25, 0.3) is 10.9 Å². The van der Waals surface area contributed by atoms with Crippen LogP contribution in [0.15, 0.2) is 73.1 Å². The molecule has 2 aliphatic heterocycles. The Labute approximate surface area is 279 Å². The highest BCUT2D eigenvalue weighted by Crippen LogP contribution is 2.39. The number of hydrogen-bond acceptors (Lipinski definition) is 9. The first-order valence-electron chi connectivity index (χ1n) is 15.8. The predicted octanol–water partition coefficient (Wildman–Crippen LogP) is 6.87. The van der Waals surface area contributed by atoms with E-state index in [1.807, 2.05) is 37.3 Å². The van der Waals surface area contributed by atoms with Crippen molar-refractivity contribution in [1.82, 2.24) is 14.9 Å². The van der Waals surface area contributed by atoms with Gasteiger partial charge in [-0.1, -0.05) is 23.7 Å². The summed E-state index contributed by atoms with van der Waals surface area (Å²) in [6.07, 6.45) is 10.1. The van der Waals surface area contributed by atoms with E-state index in [9.17, 15) is 10.1 Å². The lowest BCUT2D eigenvalue weighted by Gasteiger charge is -2.37. The van der Waals surface area contributed by atoms with E-state index in [2.05, 4.69) is 31.6 Å². The summed E-state index contributed by atoms with van der Waals surface area (Å²) < 4.78 is 17.4. The van der Waals surface area contributed by atoms with Crippen molar-refractivity contribution in [3.05, 3.63) is 89.4 Å². The molecule has 0 atom stereocenters. The minimum atomic E-state index is -0.269. The molecule has 2 aromatic heterocycles. The Morgan fingerprint density at radius 2 is 2.00 bits per heavy atom. The summed E-state index contributed by atoms with van der Waals surface area (Å²) in [6, 6.07) is 16.7. The average Bonchev–Trinajstić information content (AvgIpc) is 3.54. The number of nitrogens with zero attached hydrogens (tertiary/aromatic N) is 4. The number of likely N-dealkylation sites (tertiary alicyclic amines) is 1. The minimum Gasteiger partial charge on any atom is -0.492 e. The Kier molecular flexibility index (Phi) is 10.2. The quantitative estimate of drug-likeness (QED) is 0.167. The molecule has 242 valence electrons. The number of nitrogens with one attached hydrogen (secondary N) is 2. The van der Waals surface area contributed by atoms with E-state index in [0.717, 1.165) is 51.3 Å². The van der Waals surface area contributed by atoms with Gasteiger partial charge in [-0.25, -0.2) is 0 Å². The number of fused-ring (bicyclic) bond motifs is 1. The van der Waals surface area contributed by atoms with Gasteiger partial charge in [0.05, 0.1) is 46.4 Å². The van der Waals surface area contributed by atoms with E-state index in [-0.39, 0.29) is 12.5 Å². The lowest BCUT2D eigenvalue weighted by Crippen LogP contribution is -2.40. The van der Waals surface area contributed by atoms with Gasteiger partial charge in [-0.15, -0.1) is 0 Å². The number of benzene rings is 2. The number of pyridine rings is 2. The van der Waals surface area contributed by atoms with E-state index in [1.54, 1.807) is 36.5 Å². The van der Waals surface area contributed by atoms with Crippen LogP contribution in [0.3, 0.4) is 0 Å². The Balaban J connectivity index is 1.18. The Bertz CT molecular complexity index is 1790. The Hall–Kier alpha value is -4.69. The van der Waals surface area contributed by atoms with Crippen LogP contribution in [-0.4, -0.2) is 60.2 Å². The molecule has 6 rings (SSSR count). The number of rotatable bonds is 11. The molecule has 47 heavy (non-hydrogen) atoms. The van der Waals surface area contributed by atoms with Crippen LogP contribution in [0.2, 0.25) is 5.02 Å². The lowest BCUT2D eigenvalue weighted by molar-refractivity contribution is -0.111. The first kappa shape index (κ1) is 32.3. The van der Waals surface area contributed by atoms with Crippen molar-refractivity contribution in [3.8, 4) is 17.6 Å². The number of carbonyl (C=O) groups excluding carboxylic acids is 1. The molecular weight excluding hydrogens is 616 g/mol. The third kappa shape index (κ3) is 7.83. The van der Waals surface area contributed by atoms with Gasteiger partial charge in [-0.05, 0) is 81.1 Å². The molecule has 2 saturated heterocycles. The van der Waals surface area contributed by atoms with Crippen LogP contribution in [0.4, 0.5) is 17.1 Å². The molecule has 2 N–H and O–H groups in total. The van der Waals surface area contributed by atoms with Crippen LogP contribution in [-0.2, 0) is 16.1 Å². The van der Waals surface area contributed by atoms with Gasteiger partial charge in [-0.2, -0.15) is 5.26 Å². The maximum Gasteiger partial charge on any atom is 0.248 e. The van der Waals surface area contributed by atoms with Crippen molar-refractivity contribution in [2.24, 2.45) is 5.41 Å². The molecule has 0 aliphatic carbocycles. The van der Waals surface area contributed by atoms with Crippen molar-refractivity contribution in [1.29, 1.82) is 5.26 Å². The molecule has 4 heterocycles. The number of ether oxygens (including phenoxy) is 3. The molecule has 11 heteroatoms. The SMILES string of the molecule is CCOc1cc2ncc(C#N)c(Nc3ccc(OCc4ccccn4)c(Cl)c3)c2cc1NC(=O)/C=C/CN1CCC2(CCOC2)CC1. The second-order valence-corrected chi connectivity index (χ2v) is 12.2. The standard InChI is InChI=1S/C36H37ClN6O4/c1-2-46-33-20-30-28(19-31(33)42-34(44)7-5-14-43-15-10-36(11-16-43)12-17-45-24-36)35(25(21-38)22-40-30)41-26-8-9-32(29(37)18-26)47-23-27-6-3-4-13-39-27/h3-9,13,18-20,22H,2,10-12,14-17,23-24H2,1H3,(H,40,41)(H,42,44)/b7-5+. The third-order valence-electron chi connectivity index (χ3n) is 8.68. The fraction of sp³-hybridized carbons (Fsp3) is 0.333. The number of carbonyl (C=O) groups is 1. The van der Waals surface area contributed by atoms with Crippen LogP contribution in [0.1, 0.15) is 37.4 Å². The van der Waals surface area contributed by atoms with Gasteiger partial charge in [-0.3, -0.25) is 19.7 Å². The minimum absolute atomic E-state index is 0.269. The van der Waals surface area contributed by atoms with Gasteiger partial charge in [0.15, 0.2) is 0 Å². The molecule has 4 aromatic rings. The van der Waals surface area contributed by atoms with Gasteiger partial charge < -0.3 is 24.8 Å². The first-order chi connectivity index (χ1) is 22.9. The lowest BCUT2D eigenvalue weighted by atomic mass is 9.78. The molecule has 1 spiro atoms. The molecule has 0 saturated carbocycles. The smallest absolute Gasteiger partial charge is 0.248 e. The van der Waals surface area contributed by atoms with E-state index in [4.69, 9.17) is 25.8 Å². The molecule has 10 nitrogen and oxygen atoms in total. The molecule has 2 aromatic carbocycles. The highest BCUT2D eigenvalue weighted by molar-refractivity contribution is 6.32. The molecule has 2 aliphatic rings. The number of nitriles is 1. The topological polar surface area (TPSA) is 122 Å². The summed E-state index contributed by atoms with van der Waals surface area (Å²) >= 11 is 6.57. The number of halogens is 1. The zero-order valence-corrected chi connectivity index (χ0v) is 27.1. The van der Waals surface area contributed by atoms with Crippen LogP contribution >= 0.6 is 11.6 Å². The maximum atomic E-state index is 13.1. The zero-order valence-electron chi connectivity index (χ0n) is 26.3. The van der Waals surface area contributed by atoms with Gasteiger partial charge >= 0.3 is 0 Å². The molecular formula is C36H37ClN6O4. The molecule has 0 unspecified atom stereocenters. The largest absolute Gasteiger partial charge is 0.492 e. The van der Waals surface area contributed by atoms with Crippen LogP contribution in [0.5, 0.6) is 11.5 Å². The van der Waals surface area contributed by atoms with Crippen molar-refractivity contribution in [2.45, 2.75) is 32.8 Å². The second-order valence-electron chi connectivity index (χ2n) is 11.8. The summed E-state index contributed by atoms with van der Waals surface area (Å²) in [4.78, 5) is 24.2. The van der Waals surface area contributed by atoms with Crippen molar-refractivity contribution in [3.63, 3.8) is 0 Å². The molecule has 2 fully saturated rings. The Morgan fingerprint density at radius 3 is 2.72 bits per heavy atom. The number of anilines is 3. The summed E-state index contributed by atoms with van der Waals surface area (Å²) in [5.41, 5.74) is 3.72. The number of piperidine rings is 1. The Morgan fingerprint density at radius 1 is 1.13 bits per heavy atom. The second kappa shape index (κ2) is 14.8. The predicted molar refractivity (Wildman–Crippen MR) is 182 cm³/mol. The van der Waals surface area contributed by atoms with Gasteiger partial charge in [0.2, 0.25) is 5.91 Å². The first-order valence-corrected chi connectivity index (χ1v) is 16.2. The van der Waals surface area contributed by atoms with Gasteiger partial charge in [0.1, 0.15) is 24.2 Å². The molecule has 0 radical (unpaired) electrons. The van der Waals surface area contributed by atoms with E-state index < -0.39 is 0 Å². The van der Waals surface area contributed by atoms with Crippen molar-refractivity contribution >= 4 is 45.5 Å². The summed E-state index contributed by atoms with van der Waals surface area (Å²) in [5, 5.41) is 17.3. The highest BCUT2D eigenvalue weighted by atomic mass is 35.5. The average molecular weight is 653 g/mol. The van der Waals surface area contributed by atoms with E-state index >= 15 is 0 Å². The van der Waals surface area contributed by atoms with Gasteiger partial charge in [0.25, 0.3) is 0 Å². The van der Waals surface area contributed by atoms with E-state index in [0.29, 0.717) is 68.6 Å². The van der Waals surface area contributed by atoms with Crippen LogP contribution < -0.4 is 20.1 Å². The highest BCUT2D eigenvalue weighted by Gasteiger charge is 2.37. The normalized spacial score (nSPS) is 15.9. The van der Waals surface area contributed by atoms with Gasteiger partial charge in [0, 0.05) is 48.8 Å². The summed E-state index contributed by atoms with van der Waals surface area (Å²) in [5.74, 6) is 0.729. The number of aromatic nitrogens is 2. The summed E-state index contributed by atoms with van der Waals surface area (Å²) in [7, 11) is 0. The van der Waals surface area contributed by atoms with E-state index in [1.165, 1.54) is 6.20 Å². The maximum absolute atomic E-state index is 13.1.